The standard InChI is InChI=1S/C11H18N2O2/c1-3-7(2)13-9(14)6-12-11(15)10(13)8-4-5-8/h7-8,10H,3-6H2,1-2H3,(H,12,15). The number of rotatable bonds is 3. The Bertz CT molecular complexity index is 286. The van der Waals surface area contributed by atoms with Crippen LogP contribution in [0.3, 0.4) is 0 Å². The maximum absolute atomic E-state index is 11.8. The zero-order valence-electron chi connectivity index (χ0n) is 9.32. The minimum absolute atomic E-state index is 0.0393. The van der Waals surface area contributed by atoms with Gasteiger partial charge in [0.15, 0.2) is 0 Å². The van der Waals surface area contributed by atoms with E-state index in [4.69, 9.17) is 0 Å². The van der Waals surface area contributed by atoms with Gasteiger partial charge in [0.2, 0.25) is 11.8 Å². The molecule has 0 radical (unpaired) electrons. The molecule has 2 fully saturated rings. The van der Waals surface area contributed by atoms with E-state index in [0.717, 1.165) is 19.3 Å². The zero-order chi connectivity index (χ0) is 11.0. The first-order valence-corrected chi connectivity index (χ1v) is 5.74. The lowest BCUT2D eigenvalue weighted by Crippen LogP contribution is -2.61. The fraction of sp³-hybridized carbons (Fsp3) is 0.818. The van der Waals surface area contributed by atoms with Crippen LogP contribution in [-0.4, -0.2) is 35.3 Å². The van der Waals surface area contributed by atoms with E-state index in [0.29, 0.717) is 5.92 Å². The molecular weight excluding hydrogens is 192 g/mol. The highest BCUT2D eigenvalue weighted by Gasteiger charge is 2.45. The second-order valence-electron chi connectivity index (χ2n) is 4.56. The van der Waals surface area contributed by atoms with E-state index in [1.54, 1.807) is 4.90 Å². The summed E-state index contributed by atoms with van der Waals surface area (Å²) in [4.78, 5) is 25.3. The lowest BCUT2D eigenvalue weighted by atomic mass is 10.0. The summed E-state index contributed by atoms with van der Waals surface area (Å²) in [5.74, 6) is 0.515. The minimum Gasteiger partial charge on any atom is -0.345 e. The smallest absolute Gasteiger partial charge is 0.243 e. The Hall–Kier alpha value is -1.06. The Labute approximate surface area is 90.0 Å². The van der Waals surface area contributed by atoms with Gasteiger partial charge in [-0.05, 0) is 32.1 Å². The number of amides is 2. The summed E-state index contributed by atoms with van der Waals surface area (Å²) >= 11 is 0. The first kappa shape index (κ1) is 10.5. The summed E-state index contributed by atoms with van der Waals surface area (Å²) in [6, 6.07) is -0.0182. The van der Waals surface area contributed by atoms with E-state index in [9.17, 15) is 9.59 Å². The Balaban J connectivity index is 2.19. The van der Waals surface area contributed by atoms with Gasteiger partial charge in [-0.1, -0.05) is 6.92 Å². The monoisotopic (exact) mass is 210 g/mol. The van der Waals surface area contributed by atoms with E-state index in [2.05, 4.69) is 12.2 Å². The predicted molar refractivity (Wildman–Crippen MR) is 56.1 cm³/mol. The number of nitrogens with one attached hydrogen (secondary N) is 1. The highest BCUT2D eigenvalue weighted by molar-refractivity contribution is 5.95. The molecule has 1 saturated heterocycles. The van der Waals surface area contributed by atoms with Gasteiger partial charge in [0.1, 0.15) is 6.04 Å². The first-order valence-electron chi connectivity index (χ1n) is 5.74. The Kier molecular flexibility index (Phi) is 2.67. The second-order valence-corrected chi connectivity index (χ2v) is 4.56. The lowest BCUT2D eigenvalue weighted by molar-refractivity contribution is -0.149. The summed E-state index contributed by atoms with van der Waals surface area (Å²) < 4.78 is 0. The maximum atomic E-state index is 11.8. The molecule has 4 heteroatoms. The van der Waals surface area contributed by atoms with Crippen LogP contribution in [0.5, 0.6) is 0 Å². The van der Waals surface area contributed by atoms with Crippen molar-refractivity contribution in [2.45, 2.75) is 45.2 Å². The van der Waals surface area contributed by atoms with Crippen molar-refractivity contribution in [3.8, 4) is 0 Å². The van der Waals surface area contributed by atoms with Crippen LogP contribution in [0.1, 0.15) is 33.1 Å². The molecule has 2 amide bonds. The van der Waals surface area contributed by atoms with Crippen LogP contribution in [0, 0.1) is 5.92 Å². The van der Waals surface area contributed by atoms with Crippen molar-refractivity contribution >= 4 is 11.8 Å². The quantitative estimate of drug-likeness (QED) is 0.738. The van der Waals surface area contributed by atoms with Crippen molar-refractivity contribution in [1.82, 2.24) is 10.2 Å². The molecule has 2 unspecified atom stereocenters. The minimum atomic E-state index is -0.193. The average Bonchev–Trinajstić information content (AvgIpc) is 3.03. The Morgan fingerprint density at radius 2 is 2.13 bits per heavy atom. The number of hydrogen-bond donors (Lipinski definition) is 1. The molecule has 1 saturated carbocycles. The van der Waals surface area contributed by atoms with Crippen LogP contribution in [0.4, 0.5) is 0 Å². The normalized spacial score (nSPS) is 28.9. The number of carbonyl (C=O) groups is 2. The predicted octanol–water partition coefficient (Wildman–Crippen LogP) is 0.522. The van der Waals surface area contributed by atoms with Gasteiger partial charge in [-0.25, -0.2) is 0 Å². The topological polar surface area (TPSA) is 49.4 Å². The van der Waals surface area contributed by atoms with E-state index in [1.165, 1.54) is 0 Å². The Morgan fingerprint density at radius 1 is 1.47 bits per heavy atom. The summed E-state index contributed by atoms with van der Waals surface area (Å²) in [5, 5.41) is 2.68. The molecule has 1 N–H and O–H groups in total. The molecule has 2 rings (SSSR count). The molecule has 84 valence electrons. The SMILES string of the molecule is CCC(C)N1C(=O)CNC(=O)C1C1CC1. The van der Waals surface area contributed by atoms with Crippen molar-refractivity contribution in [3.63, 3.8) is 0 Å². The van der Waals surface area contributed by atoms with Crippen LogP contribution < -0.4 is 5.32 Å². The molecule has 2 aliphatic rings. The molecular formula is C11H18N2O2. The fourth-order valence-corrected chi connectivity index (χ4v) is 2.21. The molecule has 4 nitrogen and oxygen atoms in total. The number of nitrogens with zero attached hydrogens (tertiary/aromatic N) is 1. The Morgan fingerprint density at radius 3 is 2.67 bits per heavy atom. The van der Waals surface area contributed by atoms with Gasteiger partial charge in [0, 0.05) is 6.04 Å². The molecule has 0 aromatic heterocycles. The third-order valence-corrected chi connectivity index (χ3v) is 3.40. The third kappa shape index (κ3) is 1.85. The molecule has 15 heavy (non-hydrogen) atoms. The van der Waals surface area contributed by atoms with Crippen molar-refractivity contribution in [2.75, 3.05) is 6.54 Å². The number of carbonyl (C=O) groups excluding carboxylic acids is 2. The van der Waals surface area contributed by atoms with Crippen molar-refractivity contribution < 1.29 is 9.59 Å². The molecule has 0 spiro atoms. The highest BCUT2D eigenvalue weighted by Crippen LogP contribution is 2.37. The molecule has 1 aliphatic heterocycles. The number of piperazine rings is 1. The third-order valence-electron chi connectivity index (χ3n) is 3.40. The molecule has 0 aromatic carbocycles. The van der Waals surface area contributed by atoms with Crippen LogP contribution in [0.25, 0.3) is 0 Å². The fourth-order valence-electron chi connectivity index (χ4n) is 2.21. The zero-order valence-corrected chi connectivity index (χ0v) is 9.32. The second kappa shape index (κ2) is 3.83. The molecule has 0 bridgehead atoms. The first-order chi connectivity index (χ1) is 7.15. The van der Waals surface area contributed by atoms with Crippen LogP contribution in [0.15, 0.2) is 0 Å². The van der Waals surface area contributed by atoms with Gasteiger partial charge in [-0.3, -0.25) is 9.59 Å². The van der Waals surface area contributed by atoms with E-state index in [-0.39, 0.29) is 30.4 Å². The van der Waals surface area contributed by atoms with Crippen LogP contribution >= 0.6 is 0 Å². The lowest BCUT2D eigenvalue weighted by Gasteiger charge is -2.39. The average molecular weight is 210 g/mol. The van der Waals surface area contributed by atoms with Gasteiger partial charge in [0.05, 0.1) is 6.54 Å². The highest BCUT2D eigenvalue weighted by atomic mass is 16.2. The maximum Gasteiger partial charge on any atom is 0.243 e. The van der Waals surface area contributed by atoms with Crippen molar-refractivity contribution in [3.05, 3.63) is 0 Å². The van der Waals surface area contributed by atoms with E-state index in [1.807, 2.05) is 6.92 Å². The van der Waals surface area contributed by atoms with Gasteiger partial charge in [-0.15, -0.1) is 0 Å². The van der Waals surface area contributed by atoms with Gasteiger partial charge < -0.3 is 10.2 Å². The van der Waals surface area contributed by atoms with E-state index >= 15 is 0 Å². The summed E-state index contributed by atoms with van der Waals surface area (Å²) in [5.41, 5.74) is 0. The summed E-state index contributed by atoms with van der Waals surface area (Å²) in [7, 11) is 0. The van der Waals surface area contributed by atoms with Gasteiger partial charge >= 0.3 is 0 Å². The molecule has 2 atom stereocenters. The molecule has 1 aliphatic carbocycles. The largest absolute Gasteiger partial charge is 0.345 e. The number of hydrogen-bond acceptors (Lipinski definition) is 2. The van der Waals surface area contributed by atoms with Crippen molar-refractivity contribution in [1.29, 1.82) is 0 Å². The molecule has 1 heterocycles. The van der Waals surface area contributed by atoms with Gasteiger partial charge in [0.25, 0.3) is 0 Å². The van der Waals surface area contributed by atoms with Crippen LogP contribution in [0.2, 0.25) is 0 Å². The van der Waals surface area contributed by atoms with Crippen LogP contribution in [-0.2, 0) is 9.59 Å². The summed E-state index contributed by atoms with van der Waals surface area (Å²) in [6.07, 6.45) is 3.07. The van der Waals surface area contributed by atoms with Crippen molar-refractivity contribution in [2.24, 2.45) is 5.92 Å². The summed E-state index contributed by atoms with van der Waals surface area (Å²) in [6.45, 7) is 4.24. The molecule has 0 aromatic rings. The van der Waals surface area contributed by atoms with Gasteiger partial charge in [-0.2, -0.15) is 0 Å². The van der Waals surface area contributed by atoms with E-state index < -0.39 is 0 Å².